The van der Waals surface area contributed by atoms with Crippen LogP contribution in [0.1, 0.15) is 16.1 Å². The van der Waals surface area contributed by atoms with Crippen LogP contribution >= 0.6 is 11.6 Å². The second-order valence-corrected chi connectivity index (χ2v) is 4.22. The maximum absolute atomic E-state index is 12.0. The van der Waals surface area contributed by atoms with Crippen molar-refractivity contribution in [3.8, 4) is 0 Å². The van der Waals surface area contributed by atoms with Crippen LogP contribution in [-0.2, 0) is 4.74 Å². The van der Waals surface area contributed by atoms with Crippen molar-refractivity contribution in [2.45, 2.75) is 13.0 Å². The highest BCUT2D eigenvalue weighted by atomic mass is 35.5. The Morgan fingerprint density at radius 2 is 2.25 bits per heavy atom. The van der Waals surface area contributed by atoms with Crippen molar-refractivity contribution in [1.82, 2.24) is 9.88 Å². The van der Waals surface area contributed by atoms with Gasteiger partial charge in [0.15, 0.2) is 0 Å². The predicted molar refractivity (Wildman–Crippen MR) is 60.7 cm³/mol. The SMILES string of the molecule is COC1CN(C(=O)c2ccc(Cl)nc2C)C1. The van der Waals surface area contributed by atoms with Crippen molar-refractivity contribution < 1.29 is 9.53 Å². The number of hydrogen-bond donors (Lipinski definition) is 0. The fraction of sp³-hybridized carbons (Fsp3) is 0.455. The molecule has 0 aromatic carbocycles. The van der Waals surface area contributed by atoms with Gasteiger partial charge in [0.1, 0.15) is 5.15 Å². The van der Waals surface area contributed by atoms with Gasteiger partial charge in [-0.05, 0) is 19.1 Å². The summed E-state index contributed by atoms with van der Waals surface area (Å²) in [5.41, 5.74) is 1.28. The fourth-order valence-corrected chi connectivity index (χ4v) is 1.87. The van der Waals surface area contributed by atoms with Crippen LogP contribution in [0.25, 0.3) is 0 Å². The minimum atomic E-state index is -0.00466. The Labute approximate surface area is 99.2 Å². The van der Waals surface area contributed by atoms with E-state index in [4.69, 9.17) is 16.3 Å². The molecule has 1 aliphatic heterocycles. The Morgan fingerprint density at radius 3 is 2.81 bits per heavy atom. The van der Waals surface area contributed by atoms with Gasteiger partial charge >= 0.3 is 0 Å². The Morgan fingerprint density at radius 1 is 1.56 bits per heavy atom. The summed E-state index contributed by atoms with van der Waals surface area (Å²) < 4.78 is 5.12. The van der Waals surface area contributed by atoms with Gasteiger partial charge in [0.25, 0.3) is 5.91 Å². The number of likely N-dealkylation sites (tertiary alicyclic amines) is 1. The van der Waals surface area contributed by atoms with Crippen molar-refractivity contribution >= 4 is 17.5 Å². The van der Waals surface area contributed by atoms with Crippen LogP contribution in [0.2, 0.25) is 5.15 Å². The van der Waals surface area contributed by atoms with E-state index >= 15 is 0 Å². The van der Waals surface area contributed by atoms with E-state index in [-0.39, 0.29) is 12.0 Å². The van der Waals surface area contributed by atoms with E-state index < -0.39 is 0 Å². The van der Waals surface area contributed by atoms with E-state index in [1.165, 1.54) is 0 Å². The number of carbonyl (C=O) groups excluding carboxylic acids is 1. The minimum absolute atomic E-state index is 0.00466. The molecule has 16 heavy (non-hydrogen) atoms. The molecule has 0 radical (unpaired) electrons. The molecule has 86 valence electrons. The standard InChI is InChI=1S/C11H13ClN2O2/c1-7-9(3-4-10(12)13-7)11(15)14-5-8(6-14)16-2/h3-4,8H,5-6H2,1-2H3. The molecular weight excluding hydrogens is 228 g/mol. The zero-order chi connectivity index (χ0) is 11.7. The number of nitrogens with zero attached hydrogens (tertiary/aromatic N) is 2. The maximum Gasteiger partial charge on any atom is 0.255 e. The van der Waals surface area contributed by atoms with E-state index in [1.807, 2.05) is 0 Å². The van der Waals surface area contributed by atoms with Crippen molar-refractivity contribution in [1.29, 1.82) is 0 Å². The molecule has 0 bridgehead atoms. The number of aryl methyl sites for hydroxylation is 1. The van der Waals surface area contributed by atoms with Crippen molar-refractivity contribution in [3.05, 3.63) is 28.5 Å². The van der Waals surface area contributed by atoms with E-state index in [1.54, 1.807) is 31.1 Å². The number of methoxy groups -OCH3 is 1. The summed E-state index contributed by atoms with van der Waals surface area (Å²) >= 11 is 5.74. The van der Waals surface area contributed by atoms with Crippen molar-refractivity contribution in [2.24, 2.45) is 0 Å². The smallest absolute Gasteiger partial charge is 0.255 e. The first kappa shape index (κ1) is 11.4. The Kier molecular flexibility index (Phi) is 3.12. The quantitative estimate of drug-likeness (QED) is 0.736. The number of carbonyl (C=O) groups is 1. The van der Waals surface area contributed by atoms with Gasteiger partial charge in [0.2, 0.25) is 0 Å². The predicted octanol–water partition coefficient (Wildman–Crippen LogP) is 1.51. The first-order valence-electron chi connectivity index (χ1n) is 5.07. The molecule has 1 aromatic heterocycles. The molecule has 2 heterocycles. The summed E-state index contributed by atoms with van der Waals surface area (Å²) in [7, 11) is 1.65. The van der Waals surface area contributed by atoms with Crippen molar-refractivity contribution in [2.75, 3.05) is 20.2 Å². The normalized spacial score (nSPS) is 16.1. The zero-order valence-electron chi connectivity index (χ0n) is 9.24. The van der Waals surface area contributed by atoms with Crippen LogP contribution in [0.15, 0.2) is 12.1 Å². The molecule has 1 fully saturated rings. The van der Waals surface area contributed by atoms with Crippen LogP contribution in [0, 0.1) is 6.92 Å². The molecule has 0 N–H and O–H groups in total. The van der Waals surface area contributed by atoms with Crippen LogP contribution in [0.5, 0.6) is 0 Å². The minimum Gasteiger partial charge on any atom is -0.378 e. The molecule has 4 nitrogen and oxygen atoms in total. The first-order valence-corrected chi connectivity index (χ1v) is 5.45. The highest BCUT2D eigenvalue weighted by molar-refractivity contribution is 6.29. The van der Waals surface area contributed by atoms with Gasteiger partial charge in [-0.2, -0.15) is 0 Å². The molecule has 1 amide bonds. The lowest BCUT2D eigenvalue weighted by atomic mass is 10.1. The number of halogens is 1. The molecule has 1 aromatic rings. The number of hydrogen-bond acceptors (Lipinski definition) is 3. The number of amides is 1. The molecule has 0 spiro atoms. The summed E-state index contributed by atoms with van der Waals surface area (Å²) in [4.78, 5) is 17.8. The van der Waals surface area contributed by atoms with Gasteiger partial charge in [-0.15, -0.1) is 0 Å². The number of pyridine rings is 1. The molecule has 0 saturated carbocycles. The Hall–Kier alpha value is -1.13. The summed E-state index contributed by atoms with van der Waals surface area (Å²) in [6, 6.07) is 3.35. The lowest BCUT2D eigenvalue weighted by Crippen LogP contribution is -2.54. The molecule has 2 rings (SSSR count). The first-order chi connectivity index (χ1) is 7.61. The molecule has 1 saturated heterocycles. The van der Waals surface area contributed by atoms with Gasteiger partial charge in [-0.25, -0.2) is 4.98 Å². The van der Waals surface area contributed by atoms with Gasteiger partial charge in [-0.3, -0.25) is 4.79 Å². The van der Waals surface area contributed by atoms with Crippen LogP contribution in [0.3, 0.4) is 0 Å². The third-order valence-electron chi connectivity index (χ3n) is 2.75. The molecule has 5 heteroatoms. The summed E-state index contributed by atoms with van der Waals surface area (Å²) in [6.07, 6.45) is 0.171. The zero-order valence-corrected chi connectivity index (χ0v) is 9.99. The fourth-order valence-electron chi connectivity index (χ4n) is 1.68. The largest absolute Gasteiger partial charge is 0.378 e. The number of ether oxygens (including phenoxy) is 1. The average Bonchev–Trinajstić information content (AvgIpc) is 2.15. The van der Waals surface area contributed by atoms with Gasteiger partial charge < -0.3 is 9.64 Å². The highest BCUT2D eigenvalue weighted by Gasteiger charge is 2.31. The number of aromatic nitrogens is 1. The summed E-state index contributed by atoms with van der Waals surface area (Å²) in [5.74, 6) is -0.00466. The topological polar surface area (TPSA) is 42.4 Å². The van der Waals surface area contributed by atoms with Crippen LogP contribution in [0.4, 0.5) is 0 Å². The van der Waals surface area contributed by atoms with E-state index in [9.17, 15) is 4.79 Å². The molecule has 0 aliphatic carbocycles. The van der Waals surface area contributed by atoms with Gasteiger partial charge in [0.05, 0.1) is 17.4 Å². The van der Waals surface area contributed by atoms with Crippen LogP contribution < -0.4 is 0 Å². The third-order valence-corrected chi connectivity index (χ3v) is 2.96. The average molecular weight is 241 g/mol. The lowest BCUT2D eigenvalue weighted by molar-refractivity contribution is -0.0192. The Bertz CT molecular complexity index is 416. The van der Waals surface area contributed by atoms with Gasteiger partial charge in [0, 0.05) is 20.2 Å². The number of rotatable bonds is 2. The highest BCUT2D eigenvalue weighted by Crippen LogP contribution is 2.18. The summed E-state index contributed by atoms with van der Waals surface area (Å²) in [5, 5.41) is 0.410. The third kappa shape index (κ3) is 2.03. The monoisotopic (exact) mass is 240 g/mol. The van der Waals surface area contributed by atoms with E-state index in [0.717, 1.165) is 0 Å². The molecular formula is C11H13ClN2O2. The maximum atomic E-state index is 12.0. The van der Waals surface area contributed by atoms with Gasteiger partial charge in [-0.1, -0.05) is 11.6 Å². The van der Waals surface area contributed by atoms with Crippen LogP contribution in [-0.4, -0.2) is 42.1 Å². The summed E-state index contributed by atoms with van der Waals surface area (Å²) in [6.45, 7) is 3.08. The second kappa shape index (κ2) is 4.39. The molecule has 1 aliphatic rings. The van der Waals surface area contributed by atoms with E-state index in [2.05, 4.69) is 4.98 Å². The molecule has 0 unspecified atom stereocenters. The molecule has 0 atom stereocenters. The van der Waals surface area contributed by atoms with Crippen molar-refractivity contribution in [3.63, 3.8) is 0 Å². The van der Waals surface area contributed by atoms with E-state index in [0.29, 0.717) is 29.5 Å². The Balaban J connectivity index is 2.10. The lowest BCUT2D eigenvalue weighted by Gasteiger charge is -2.38. The second-order valence-electron chi connectivity index (χ2n) is 3.83.